The number of carbonyl (C=O) groups is 1. The van der Waals surface area contributed by atoms with Crippen molar-refractivity contribution in [2.45, 2.75) is 87.5 Å². The number of nitrogens with zero attached hydrogens (tertiary/aromatic N) is 2. The lowest BCUT2D eigenvalue weighted by molar-refractivity contribution is -0.106. The molecule has 2 saturated heterocycles. The number of rotatable bonds is 5. The largest absolute Gasteiger partial charge is 0.374 e. The zero-order valence-electron chi connectivity index (χ0n) is 26.7. The molecule has 0 aliphatic carbocycles. The maximum absolute atomic E-state index is 8.81. The molecule has 0 aromatic heterocycles. The summed E-state index contributed by atoms with van der Waals surface area (Å²) in [6.07, 6.45) is 9.93. The minimum atomic E-state index is 0.750. The lowest BCUT2D eigenvalue weighted by Gasteiger charge is -2.35. The molecule has 0 radical (unpaired) electrons. The Morgan fingerprint density at radius 2 is 1.52 bits per heavy atom. The van der Waals surface area contributed by atoms with Gasteiger partial charge in [0.05, 0.1) is 0 Å². The molecule has 2 aliphatic rings. The highest BCUT2D eigenvalue weighted by atomic mass is 35.5. The van der Waals surface area contributed by atoms with Crippen LogP contribution in [-0.4, -0.2) is 48.8 Å². The Balaban J connectivity index is 0.000000301. The van der Waals surface area contributed by atoms with Crippen molar-refractivity contribution in [1.29, 1.82) is 0 Å². The van der Waals surface area contributed by atoms with Crippen LogP contribution in [0.3, 0.4) is 0 Å². The quantitative estimate of drug-likeness (QED) is 0.336. The Morgan fingerprint density at radius 3 is 2.00 bits per heavy atom. The Kier molecular flexibility index (Phi) is 17.5. The molecule has 2 aromatic carbocycles. The molecule has 0 saturated carbocycles. The highest BCUT2D eigenvalue weighted by molar-refractivity contribution is 6.31. The van der Waals surface area contributed by atoms with Crippen molar-refractivity contribution < 1.29 is 4.79 Å². The molecule has 222 valence electrons. The van der Waals surface area contributed by atoms with Gasteiger partial charge in [0.1, 0.15) is 6.29 Å². The highest BCUT2D eigenvalue weighted by Crippen LogP contribution is 2.22. The topological polar surface area (TPSA) is 23.6 Å². The lowest BCUT2D eigenvalue weighted by atomic mass is 9.98. The van der Waals surface area contributed by atoms with Crippen molar-refractivity contribution in [2.75, 3.05) is 32.7 Å². The van der Waals surface area contributed by atoms with Crippen molar-refractivity contribution in [3.8, 4) is 0 Å². The molecule has 4 heteroatoms. The number of benzene rings is 2. The van der Waals surface area contributed by atoms with Gasteiger partial charge in [-0.2, -0.15) is 0 Å². The highest BCUT2D eigenvalue weighted by Gasteiger charge is 2.20. The zero-order valence-corrected chi connectivity index (χ0v) is 27.4. The summed E-state index contributed by atoms with van der Waals surface area (Å²) in [5.74, 6) is 0.931. The van der Waals surface area contributed by atoms with Gasteiger partial charge in [0.25, 0.3) is 0 Å². The first-order valence-electron chi connectivity index (χ1n) is 15.0. The van der Waals surface area contributed by atoms with Crippen LogP contribution in [0.1, 0.15) is 87.6 Å². The van der Waals surface area contributed by atoms with Crippen molar-refractivity contribution in [3.05, 3.63) is 87.6 Å². The first-order chi connectivity index (χ1) is 19.0. The molecule has 40 heavy (non-hydrogen) atoms. The normalized spacial score (nSPS) is 15.6. The van der Waals surface area contributed by atoms with Gasteiger partial charge in [-0.05, 0) is 121 Å². The van der Waals surface area contributed by atoms with E-state index in [9.17, 15) is 0 Å². The smallest absolute Gasteiger partial charge is 0.116 e. The summed E-state index contributed by atoms with van der Waals surface area (Å²) in [4.78, 5) is 14.1. The number of hydrogen-bond acceptors (Lipinski definition) is 3. The lowest BCUT2D eigenvalue weighted by Crippen LogP contribution is -2.37. The third kappa shape index (κ3) is 13.8. The number of hydrogen-bond donors (Lipinski definition) is 0. The van der Waals surface area contributed by atoms with Crippen molar-refractivity contribution in [3.63, 3.8) is 0 Å². The standard InChI is InChI=1S/C15H28N2.C10H12.C9H11Cl.C2H4O/c1-3-6-15(13-16-9-4-5-10-16)17-11-7-14(2)8-12-17;1-8(2)10-6-4-9(3)5-7-10;1-6-4-7(2)8(3)9(10)5-6;1-2-3/h6,14H,3-5,7-13H2,1-2H3;4-7H,1H2,2-3H3;4-5H,1-3H3;2H,1H3/b15-6-;;;. The minimum absolute atomic E-state index is 0.750. The monoisotopic (exact) mass is 566 g/mol. The molecule has 0 N–H and O–H groups in total. The van der Waals surface area contributed by atoms with Crippen LogP contribution in [0.4, 0.5) is 0 Å². The van der Waals surface area contributed by atoms with Crippen LogP contribution in [0.15, 0.2) is 54.8 Å². The third-order valence-electron chi connectivity index (χ3n) is 7.51. The predicted molar refractivity (Wildman–Crippen MR) is 177 cm³/mol. The van der Waals surface area contributed by atoms with Crippen LogP contribution in [-0.2, 0) is 4.79 Å². The second-order valence-electron chi connectivity index (χ2n) is 11.3. The molecule has 0 spiro atoms. The number of allylic oxidation sites excluding steroid dienone is 2. The number of aldehydes is 1. The summed E-state index contributed by atoms with van der Waals surface area (Å²) in [6, 6.07) is 12.5. The number of likely N-dealkylation sites (tertiary alicyclic amines) is 2. The summed E-state index contributed by atoms with van der Waals surface area (Å²) in [5, 5.41) is 0.873. The minimum Gasteiger partial charge on any atom is -0.374 e. The number of carbonyl (C=O) groups excluding carboxylic acids is 1. The zero-order chi connectivity index (χ0) is 30.1. The van der Waals surface area contributed by atoms with E-state index in [1.54, 1.807) is 5.70 Å². The Bertz CT molecular complexity index is 1020. The second-order valence-corrected chi connectivity index (χ2v) is 11.7. The first-order valence-corrected chi connectivity index (χ1v) is 15.4. The summed E-state index contributed by atoms with van der Waals surface area (Å²) in [5.41, 5.74) is 8.93. The SMILES string of the molecule is C=C(C)c1ccc(C)cc1.CC/C=C(/CN1CCCC1)N1CCC(C)CC1.CC=O.Cc1cc(C)c(C)c(Cl)c1. The Labute approximate surface area is 251 Å². The molecule has 0 unspecified atom stereocenters. The van der Waals surface area contributed by atoms with Crippen molar-refractivity contribution >= 4 is 23.5 Å². The summed E-state index contributed by atoms with van der Waals surface area (Å²) in [7, 11) is 0. The molecule has 2 heterocycles. The Hall–Kier alpha value is -2.36. The summed E-state index contributed by atoms with van der Waals surface area (Å²) < 4.78 is 0. The van der Waals surface area contributed by atoms with Crippen molar-refractivity contribution in [2.24, 2.45) is 5.92 Å². The van der Waals surface area contributed by atoms with Crippen LogP contribution in [0.25, 0.3) is 5.57 Å². The average Bonchev–Trinajstić information content (AvgIpc) is 3.42. The molecule has 3 nitrogen and oxygen atoms in total. The van der Waals surface area contributed by atoms with E-state index in [4.69, 9.17) is 16.4 Å². The van der Waals surface area contributed by atoms with Gasteiger partial charge in [0.15, 0.2) is 0 Å². The van der Waals surface area contributed by atoms with E-state index in [0.29, 0.717) is 0 Å². The summed E-state index contributed by atoms with van der Waals surface area (Å²) in [6.45, 7) is 26.6. The van der Waals surface area contributed by atoms with E-state index in [-0.39, 0.29) is 0 Å². The molecular formula is C36H55ClN2O. The van der Waals surface area contributed by atoms with E-state index in [1.807, 2.05) is 19.9 Å². The molecule has 4 rings (SSSR count). The van der Waals surface area contributed by atoms with Gasteiger partial charge in [0.2, 0.25) is 0 Å². The average molecular weight is 567 g/mol. The van der Waals surface area contributed by atoms with Crippen LogP contribution < -0.4 is 0 Å². The molecule has 2 aliphatic heterocycles. The van der Waals surface area contributed by atoms with Gasteiger partial charge in [-0.1, -0.05) is 79.6 Å². The number of halogens is 1. The maximum atomic E-state index is 8.81. The van der Waals surface area contributed by atoms with Gasteiger partial charge in [0, 0.05) is 30.4 Å². The number of piperidine rings is 1. The fraction of sp³-hybridized carbons (Fsp3) is 0.528. The van der Waals surface area contributed by atoms with Crippen LogP contribution >= 0.6 is 11.6 Å². The second kappa shape index (κ2) is 19.7. The van der Waals surface area contributed by atoms with Gasteiger partial charge >= 0.3 is 0 Å². The fourth-order valence-electron chi connectivity index (χ4n) is 4.82. The van der Waals surface area contributed by atoms with Crippen LogP contribution in [0, 0.1) is 33.6 Å². The maximum Gasteiger partial charge on any atom is 0.116 e. The van der Waals surface area contributed by atoms with Crippen LogP contribution in [0.2, 0.25) is 5.02 Å². The first kappa shape index (κ1) is 35.7. The molecule has 0 atom stereocenters. The Morgan fingerprint density at radius 1 is 0.975 bits per heavy atom. The van der Waals surface area contributed by atoms with Gasteiger partial charge in [-0.15, -0.1) is 0 Å². The van der Waals surface area contributed by atoms with E-state index in [2.05, 4.69) is 87.4 Å². The van der Waals surface area contributed by atoms with Crippen LogP contribution in [0.5, 0.6) is 0 Å². The predicted octanol–water partition coefficient (Wildman–Crippen LogP) is 9.61. The van der Waals surface area contributed by atoms with Gasteiger partial charge in [-0.3, -0.25) is 4.90 Å². The molecule has 2 fully saturated rings. The van der Waals surface area contributed by atoms with Crippen molar-refractivity contribution in [1.82, 2.24) is 9.80 Å². The third-order valence-corrected chi connectivity index (χ3v) is 7.90. The molecular weight excluding hydrogens is 512 g/mol. The van der Waals surface area contributed by atoms with E-state index >= 15 is 0 Å². The number of aryl methyl sites for hydroxylation is 3. The molecule has 0 bridgehead atoms. The fourth-order valence-corrected chi connectivity index (χ4v) is 5.14. The summed E-state index contributed by atoms with van der Waals surface area (Å²) >= 11 is 5.92. The van der Waals surface area contributed by atoms with Gasteiger partial charge < -0.3 is 9.69 Å². The molecule has 0 amide bonds. The van der Waals surface area contributed by atoms with E-state index in [0.717, 1.165) is 22.8 Å². The van der Waals surface area contributed by atoms with Gasteiger partial charge in [-0.25, -0.2) is 0 Å². The molecule has 2 aromatic rings. The van der Waals surface area contributed by atoms with E-state index < -0.39 is 0 Å². The van der Waals surface area contributed by atoms with E-state index in [1.165, 1.54) is 99.6 Å².